The topological polar surface area (TPSA) is 9.72 Å². The number of piperazine rings is 1. The first-order chi connectivity index (χ1) is 7.52. The van der Waals surface area contributed by atoms with E-state index in [1.54, 1.807) is 0 Å². The predicted octanol–water partition coefficient (Wildman–Crippen LogP) is 0.964. The van der Waals surface area contributed by atoms with Crippen LogP contribution in [-0.2, 0) is 0 Å². The van der Waals surface area contributed by atoms with E-state index in [4.69, 9.17) is 0 Å². The van der Waals surface area contributed by atoms with Crippen molar-refractivity contribution in [2.24, 2.45) is 5.92 Å². The molecule has 0 aliphatic carbocycles. The first-order valence-electron chi connectivity index (χ1n) is 6.61. The number of hydrogen-bond donors (Lipinski definition) is 0. The summed E-state index contributed by atoms with van der Waals surface area (Å²) < 4.78 is 0. The van der Waals surface area contributed by atoms with Crippen LogP contribution in [0.3, 0.4) is 0 Å². The molecule has 2 rings (SSSR count). The Kier molecular flexibility index (Phi) is 3.57. The molecule has 2 fully saturated rings. The van der Waals surface area contributed by atoms with Gasteiger partial charge in [0.1, 0.15) is 0 Å². The van der Waals surface area contributed by atoms with Crippen LogP contribution in [0, 0.1) is 5.92 Å². The number of likely N-dealkylation sites (N-methyl/N-ethyl adjacent to an activating group) is 2. The minimum absolute atomic E-state index is 0.377. The molecule has 0 radical (unpaired) electrons. The summed E-state index contributed by atoms with van der Waals surface area (Å²) in [6.07, 6.45) is 2.77. The van der Waals surface area contributed by atoms with Crippen molar-refractivity contribution in [2.45, 2.75) is 25.3 Å². The Morgan fingerprint density at radius 1 is 1.00 bits per heavy atom. The normalized spacial score (nSPS) is 40.1. The fourth-order valence-electron chi connectivity index (χ4n) is 3.44. The van der Waals surface area contributed by atoms with Gasteiger partial charge >= 0.3 is 0 Å². The molecule has 94 valence electrons. The maximum absolute atomic E-state index is 2.59. The summed E-state index contributed by atoms with van der Waals surface area (Å²) in [6.45, 7) is 8.68. The van der Waals surface area contributed by atoms with E-state index >= 15 is 0 Å². The average Bonchev–Trinajstić information content (AvgIpc) is 2.24. The molecule has 2 unspecified atom stereocenters. The van der Waals surface area contributed by atoms with E-state index in [1.165, 1.54) is 45.6 Å². The molecular weight excluding hydrogens is 198 g/mol. The lowest BCUT2D eigenvalue weighted by Crippen LogP contribution is -2.64. The van der Waals surface area contributed by atoms with Gasteiger partial charge in [-0.1, -0.05) is 0 Å². The van der Waals surface area contributed by atoms with Crippen molar-refractivity contribution in [2.75, 3.05) is 53.9 Å². The van der Waals surface area contributed by atoms with Crippen LogP contribution in [0.25, 0.3) is 0 Å². The highest BCUT2D eigenvalue weighted by atomic mass is 15.3. The van der Waals surface area contributed by atoms with E-state index in [1.807, 2.05) is 0 Å². The smallest absolute Gasteiger partial charge is 0.0346 e. The molecule has 0 saturated carbocycles. The van der Waals surface area contributed by atoms with Gasteiger partial charge < -0.3 is 9.80 Å². The molecule has 0 spiro atoms. The molecule has 2 heterocycles. The first kappa shape index (κ1) is 12.3. The molecule has 2 aliphatic heterocycles. The quantitative estimate of drug-likeness (QED) is 0.658. The van der Waals surface area contributed by atoms with Gasteiger partial charge in [0.25, 0.3) is 0 Å². The van der Waals surface area contributed by atoms with Crippen molar-refractivity contribution in [1.82, 2.24) is 14.7 Å². The minimum atomic E-state index is 0.377. The van der Waals surface area contributed by atoms with E-state index in [0.717, 1.165) is 5.92 Å². The van der Waals surface area contributed by atoms with Gasteiger partial charge in [-0.25, -0.2) is 0 Å². The molecule has 0 bridgehead atoms. The molecule has 0 amide bonds. The Bertz CT molecular complexity index is 243. The Labute approximate surface area is 100 Å². The summed E-state index contributed by atoms with van der Waals surface area (Å²) >= 11 is 0. The van der Waals surface area contributed by atoms with E-state index in [9.17, 15) is 0 Å². The van der Waals surface area contributed by atoms with Crippen LogP contribution in [0.4, 0.5) is 0 Å². The lowest BCUT2D eigenvalue weighted by Gasteiger charge is -2.52. The second kappa shape index (κ2) is 4.63. The summed E-state index contributed by atoms with van der Waals surface area (Å²) in [5.41, 5.74) is 0.377. The van der Waals surface area contributed by atoms with Gasteiger partial charge in [-0.15, -0.1) is 0 Å². The Balaban J connectivity index is 2.09. The second-order valence-corrected chi connectivity index (χ2v) is 6.12. The van der Waals surface area contributed by atoms with Crippen LogP contribution in [0.2, 0.25) is 0 Å². The Hall–Kier alpha value is -0.120. The first-order valence-corrected chi connectivity index (χ1v) is 6.61. The molecule has 16 heavy (non-hydrogen) atoms. The summed E-state index contributed by atoms with van der Waals surface area (Å²) in [6, 6.07) is 0. The van der Waals surface area contributed by atoms with Crippen molar-refractivity contribution in [3.63, 3.8) is 0 Å². The molecule has 0 N–H and O–H groups in total. The maximum Gasteiger partial charge on any atom is 0.0346 e. The van der Waals surface area contributed by atoms with E-state index < -0.39 is 0 Å². The molecule has 2 atom stereocenters. The highest BCUT2D eigenvalue weighted by Gasteiger charge is 2.42. The van der Waals surface area contributed by atoms with Gasteiger partial charge in [0.05, 0.1) is 0 Å². The lowest BCUT2D eigenvalue weighted by molar-refractivity contribution is -0.0254. The molecule has 0 aromatic heterocycles. The molecule has 2 saturated heterocycles. The Morgan fingerprint density at radius 2 is 1.75 bits per heavy atom. The van der Waals surface area contributed by atoms with Crippen LogP contribution in [0.1, 0.15) is 19.8 Å². The van der Waals surface area contributed by atoms with Crippen molar-refractivity contribution < 1.29 is 0 Å². The zero-order valence-corrected chi connectivity index (χ0v) is 11.4. The predicted molar refractivity (Wildman–Crippen MR) is 68.8 cm³/mol. The summed E-state index contributed by atoms with van der Waals surface area (Å²) in [7, 11) is 6.83. The van der Waals surface area contributed by atoms with Crippen molar-refractivity contribution >= 4 is 0 Å². The fraction of sp³-hybridized carbons (Fsp3) is 1.00. The van der Waals surface area contributed by atoms with Gasteiger partial charge in [0.2, 0.25) is 0 Å². The number of nitrogens with zero attached hydrogens (tertiary/aromatic N) is 3. The molecule has 0 aromatic carbocycles. The van der Waals surface area contributed by atoms with Crippen LogP contribution >= 0.6 is 0 Å². The van der Waals surface area contributed by atoms with Crippen LogP contribution in [-0.4, -0.2) is 74.1 Å². The summed E-state index contributed by atoms with van der Waals surface area (Å²) in [5.74, 6) is 0.832. The summed E-state index contributed by atoms with van der Waals surface area (Å²) in [5, 5.41) is 0. The Morgan fingerprint density at radius 3 is 2.44 bits per heavy atom. The SMILES string of the molecule is CN1CCCC(C2(C)CN(C)CCN2C)C1. The van der Waals surface area contributed by atoms with Crippen molar-refractivity contribution in [3.05, 3.63) is 0 Å². The highest BCUT2D eigenvalue weighted by molar-refractivity contribution is 4.98. The van der Waals surface area contributed by atoms with E-state index in [2.05, 4.69) is 42.8 Å². The minimum Gasteiger partial charge on any atom is -0.306 e. The average molecular weight is 225 g/mol. The zero-order valence-electron chi connectivity index (χ0n) is 11.4. The van der Waals surface area contributed by atoms with Gasteiger partial charge in [0.15, 0.2) is 0 Å². The van der Waals surface area contributed by atoms with Crippen LogP contribution in [0.5, 0.6) is 0 Å². The van der Waals surface area contributed by atoms with E-state index in [-0.39, 0.29) is 0 Å². The lowest BCUT2D eigenvalue weighted by atomic mass is 9.77. The third kappa shape index (κ3) is 2.27. The second-order valence-electron chi connectivity index (χ2n) is 6.12. The van der Waals surface area contributed by atoms with Crippen LogP contribution in [0.15, 0.2) is 0 Å². The number of likely N-dealkylation sites (tertiary alicyclic amines) is 1. The summed E-state index contributed by atoms with van der Waals surface area (Å²) in [4.78, 5) is 7.59. The van der Waals surface area contributed by atoms with Crippen LogP contribution < -0.4 is 0 Å². The number of hydrogen-bond acceptors (Lipinski definition) is 3. The van der Waals surface area contributed by atoms with E-state index in [0.29, 0.717) is 5.54 Å². The number of rotatable bonds is 1. The van der Waals surface area contributed by atoms with Crippen molar-refractivity contribution in [1.29, 1.82) is 0 Å². The molecule has 2 aliphatic rings. The molecule has 0 aromatic rings. The maximum atomic E-state index is 2.59. The van der Waals surface area contributed by atoms with Gasteiger partial charge in [0, 0.05) is 31.7 Å². The largest absolute Gasteiger partial charge is 0.306 e. The standard InChI is InChI=1S/C13H27N3/c1-13(11-15(3)8-9-16(13)4)12-6-5-7-14(2)10-12/h12H,5-11H2,1-4H3. The van der Waals surface area contributed by atoms with Gasteiger partial charge in [-0.05, 0) is 53.4 Å². The van der Waals surface area contributed by atoms with Crippen molar-refractivity contribution in [3.8, 4) is 0 Å². The zero-order chi connectivity index (χ0) is 11.8. The molecule has 3 heteroatoms. The van der Waals surface area contributed by atoms with Gasteiger partial charge in [-0.3, -0.25) is 4.90 Å². The third-order valence-corrected chi connectivity index (χ3v) is 4.78. The highest BCUT2D eigenvalue weighted by Crippen LogP contribution is 2.33. The number of piperidine rings is 1. The monoisotopic (exact) mass is 225 g/mol. The van der Waals surface area contributed by atoms with Gasteiger partial charge in [-0.2, -0.15) is 0 Å². The molecule has 3 nitrogen and oxygen atoms in total. The molecular formula is C13H27N3. The third-order valence-electron chi connectivity index (χ3n) is 4.78. The fourth-order valence-corrected chi connectivity index (χ4v) is 3.44.